The largest absolute Gasteiger partial charge is 0.472 e. The van der Waals surface area contributed by atoms with Gasteiger partial charge in [0.25, 0.3) is 0 Å². The SMILES string of the molecule is CCCCC/C=C\C=C/[C@@H](O)C/C=C\C/C=C/CCCC(=O)OC[C@H](COP(=O)(O)OC[C@@H](O)CO)OC(=O)CCCCCCCCCCCCCCC. The molecule has 1 unspecified atom stereocenters. The lowest BCUT2D eigenvalue weighted by molar-refractivity contribution is -0.161. The zero-order chi connectivity index (χ0) is 40.0. The van der Waals surface area contributed by atoms with Crippen LogP contribution in [0.2, 0.25) is 0 Å². The Morgan fingerprint density at radius 2 is 1.19 bits per heavy atom. The van der Waals surface area contributed by atoms with Gasteiger partial charge in [0.05, 0.1) is 25.9 Å². The van der Waals surface area contributed by atoms with Gasteiger partial charge in [-0.05, 0) is 44.9 Å². The predicted octanol–water partition coefficient (Wildman–Crippen LogP) is 9.53. The quantitative estimate of drug-likeness (QED) is 0.0155. The third-order valence-corrected chi connectivity index (χ3v) is 9.52. The van der Waals surface area contributed by atoms with Gasteiger partial charge >= 0.3 is 19.8 Å². The Morgan fingerprint density at radius 1 is 0.630 bits per heavy atom. The minimum Gasteiger partial charge on any atom is -0.462 e. The molecular formula is C42H75O11P. The van der Waals surface area contributed by atoms with Gasteiger partial charge in [-0.1, -0.05) is 152 Å². The molecule has 0 rings (SSSR count). The molecule has 0 spiro atoms. The molecule has 0 bridgehead atoms. The summed E-state index contributed by atoms with van der Waals surface area (Å²) in [5.74, 6) is -1.03. The molecule has 0 aromatic heterocycles. The van der Waals surface area contributed by atoms with Crippen LogP contribution in [-0.2, 0) is 32.7 Å². The highest BCUT2D eigenvalue weighted by Gasteiger charge is 2.27. The number of phosphoric acid groups is 1. The van der Waals surface area contributed by atoms with Crippen molar-refractivity contribution in [2.75, 3.05) is 26.4 Å². The Kier molecular flexibility index (Phi) is 36.3. The highest BCUT2D eigenvalue weighted by molar-refractivity contribution is 7.47. The molecule has 0 aliphatic rings. The Hall–Kier alpha value is -2.11. The maximum Gasteiger partial charge on any atom is 0.472 e. The van der Waals surface area contributed by atoms with Crippen molar-refractivity contribution < 1.29 is 52.9 Å². The van der Waals surface area contributed by atoms with E-state index >= 15 is 0 Å². The minimum atomic E-state index is -4.64. The third-order valence-electron chi connectivity index (χ3n) is 8.57. The average Bonchev–Trinajstić information content (AvgIpc) is 3.15. The second-order valence-electron chi connectivity index (χ2n) is 13.9. The molecule has 314 valence electrons. The fourth-order valence-corrected chi connectivity index (χ4v) is 6.09. The molecule has 0 aliphatic heterocycles. The van der Waals surface area contributed by atoms with E-state index < -0.39 is 57.9 Å². The number of esters is 2. The van der Waals surface area contributed by atoms with Gasteiger partial charge in [-0.25, -0.2) is 4.57 Å². The summed E-state index contributed by atoms with van der Waals surface area (Å²) < 4.78 is 32.6. The van der Waals surface area contributed by atoms with Crippen molar-refractivity contribution in [2.24, 2.45) is 0 Å². The van der Waals surface area contributed by atoms with E-state index in [1.165, 1.54) is 77.0 Å². The fourth-order valence-electron chi connectivity index (χ4n) is 5.30. The van der Waals surface area contributed by atoms with Crippen molar-refractivity contribution in [3.05, 3.63) is 48.6 Å². The number of aliphatic hydroxyl groups is 3. The van der Waals surface area contributed by atoms with Crippen LogP contribution in [0.4, 0.5) is 0 Å². The van der Waals surface area contributed by atoms with E-state index in [1.54, 1.807) is 6.08 Å². The van der Waals surface area contributed by atoms with Crippen LogP contribution in [0.5, 0.6) is 0 Å². The van der Waals surface area contributed by atoms with Gasteiger partial charge in [0, 0.05) is 12.8 Å². The number of carbonyl (C=O) groups excluding carboxylic acids is 2. The fraction of sp³-hybridized carbons (Fsp3) is 0.762. The third kappa shape index (κ3) is 36.8. The van der Waals surface area contributed by atoms with Gasteiger partial charge in [-0.15, -0.1) is 0 Å². The Balaban J connectivity index is 4.47. The van der Waals surface area contributed by atoms with E-state index in [0.717, 1.165) is 25.7 Å². The lowest BCUT2D eigenvalue weighted by atomic mass is 10.0. The van der Waals surface area contributed by atoms with E-state index in [4.69, 9.17) is 19.1 Å². The van der Waals surface area contributed by atoms with E-state index in [9.17, 15) is 29.3 Å². The lowest BCUT2D eigenvalue weighted by Crippen LogP contribution is -2.29. The van der Waals surface area contributed by atoms with Crippen molar-refractivity contribution in [3.8, 4) is 0 Å². The van der Waals surface area contributed by atoms with E-state index in [-0.39, 0.29) is 19.4 Å². The normalized spacial score (nSPS) is 15.0. The molecule has 0 radical (unpaired) electrons. The highest BCUT2D eigenvalue weighted by atomic mass is 31.2. The van der Waals surface area contributed by atoms with Gasteiger partial charge in [0.2, 0.25) is 0 Å². The first kappa shape index (κ1) is 51.9. The zero-order valence-electron chi connectivity index (χ0n) is 33.5. The van der Waals surface area contributed by atoms with Crippen molar-refractivity contribution in [1.29, 1.82) is 0 Å². The summed E-state index contributed by atoms with van der Waals surface area (Å²) in [6.45, 7) is 2.18. The highest BCUT2D eigenvalue weighted by Crippen LogP contribution is 2.43. The number of phosphoric ester groups is 1. The molecule has 0 aromatic carbocycles. The topological polar surface area (TPSA) is 169 Å². The molecule has 0 saturated carbocycles. The standard InChI is InChI=1S/C42H75O11P/c1-3-5-7-9-11-12-13-14-15-16-20-25-29-33-42(47)53-40(37-52-54(48,49)51-35-39(45)34-43)36-50-41(46)32-28-24-21-17-19-23-27-31-38(44)30-26-22-18-10-8-6-4-2/h17-18,21-23,26-27,30,38-40,43-45H,3-16,19-20,24-25,28-29,31-37H2,1-2H3,(H,48,49)/b21-17+,22-18-,27-23-,30-26-/t38-,39+,40-/m1/s1. The molecule has 0 aromatic rings. The number of rotatable bonds is 38. The summed E-state index contributed by atoms with van der Waals surface area (Å²) >= 11 is 0. The van der Waals surface area contributed by atoms with Crippen LogP contribution in [0.15, 0.2) is 48.6 Å². The molecule has 0 amide bonds. The Bertz CT molecular complexity index is 1060. The number of hydrogen-bond acceptors (Lipinski definition) is 10. The van der Waals surface area contributed by atoms with Crippen LogP contribution < -0.4 is 0 Å². The Labute approximate surface area is 326 Å². The van der Waals surface area contributed by atoms with Gasteiger partial charge in [-0.2, -0.15) is 0 Å². The molecule has 12 heteroatoms. The monoisotopic (exact) mass is 787 g/mol. The zero-order valence-corrected chi connectivity index (χ0v) is 34.4. The maximum atomic E-state index is 12.6. The van der Waals surface area contributed by atoms with E-state index in [0.29, 0.717) is 32.1 Å². The molecule has 11 nitrogen and oxygen atoms in total. The first-order valence-corrected chi connectivity index (χ1v) is 22.2. The van der Waals surface area contributed by atoms with Crippen LogP contribution >= 0.6 is 7.82 Å². The van der Waals surface area contributed by atoms with E-state index in [2.05, 4.69) is 24.4 Å². The number of ether oxygens (including phenoxy) is 2. The van der Waals surface area contributed by atoms with Gasteiger partial charge in [-0.3, -0.25) is 18.6 Å². The molecule has 0 saturated heterocycles. The number of hydrogen-bond donors (Lipinski definition) is 4. The van der Waals surface area contributed by atoms with Crippen LogP contribution in [-0.4, -0.2) is 76.9 Å². The maximum absolute atomic E-state index is 12.6. The average molecular weight is 787 g/mol. The van der Waals surface area contributed by atoms with Crippen LogP contribution in [0.3, 0.4) is 0 Å². The van der Waals surface area contributed by atoms with Gasteiger partial charge < -0.3 is 29.7 Å². The summed E-state index contributed by atoms with van der Waals surface area (Å²) in [7, 11) is -4.64. The van der Waals surface area contributed by atoms with Crippen molar-refractivity contribution in [2.45, 2.75) is 180 Å². The summed E-state index contributed by atoms with van der Waals surface area (Å²) in [6.07, 6.45) is 35.3. The first-order valence-electron chi connectivity index (χ1n) is 20.7. The summed E-state index contributed by atoms with van der Waals surface area (Å²) in [5.41, 5.74) is 0. The predicted molar refractivity (Wildman–Crippen MR) is 216 cm³/mol. The number of carbonyl (C=O) groups is 2. The molecule has 54 heavy (non-hydrogen) atoms. The van der Waals surface area contributed by atoms with Crippen molar-refractivity contribution in [3.63, 3.8) is 0 Å². The van der Waals surface area contributed by atoms with Crippen LogP contribution in [0.25, 0.3) is 0 Å². The smallest absolute Gasteiger partial charge is 0.462 e. The Morgan fingerprint density at radius 3 is 1.83 bits per heavy atom. The summed E-state index contributed by atoms with van der Waals surface area (Å²) in [6, 6.07) is 0. The molecule has 0 heterocycles. The molecule has 0 fully saturated rings. The van der Waals surface area contributed by atoms with E-state index in [1.807, 2.05) is 36.5 Å². The van der Waals surface area contributed by atoms with Gasteiger partial charge in [0.1, 0.15) is 12.7 Å². The van der Waals surface area contributed by atoms with Crippen LogP contribution in [0, 0.1) is 0 Å². The molecular weight excluding hydrogens is 711 g/mol. The number of unbranched alkanes of at least 4 members (excludes halogenated alkanes) is 16. The number of allylic oxidation sites excluding steroid dienone is 6. The summed E-state index contributed by atoms with van der Waals surface area (Å²) in [4.78, 5) is 34.9. The van der Waals surface area contributed by atoms with Gasteiger partial charge in [0.15, 0.2) is 6.10 Å². The van der Waals surface area contributed by atoms with Crippen LogP contribution in [0.1, 0.15) is 162 Å². The minimum absolute atomic E-state index is 0.132. The summed E-state index contributed by atoms with van der Waals surface area (Å²) in [5, 5.41) is 28.3. The molecule has 4 N–H and O–H groups in total. The number of aliphatic hydroxyl groups excluding tert-OH is 3. The molecule has 4 atom stereocenters. The van der Waals surface area contributed by atoms with Crippen molar-refractivity contribution >= 4 is 19.8 Å². The lowest BCUT2D eigenvalue weighted by Gasteiger charge is -2.20. The second-order valence-corrected chi connectivity index (χ2v) is 15.3. The second kappa shape index (κ2) is 37.8. The van der Waals surface area contributed by atoms with Crippen molar-refractivity contribution in [1.82, 2.24) is 0 Å². The molecule has 0 aliphatic carbocycles. The first-order chi connectivity index (χ1) is 26.1.